The molecule has 0 radical (unpaired) electrons. The third-order valence-corrected chi connectivity index (χ3v) is 7.99. The van der Waals surface area contributed by atoms with Crippen LogP contribution in [0.5, 0.6) is 5.75 Å². The minimum Gasteiger partial charge on any atom is -0.482 e. The van der Waals surface area contributed by atoms with Gasteiger partial charge in [-0.25, -0.2) is 22.4 Å². The third kappa shape index (κ3) is 7.60. The van der Waals surface area contributed by atoms with Crippen LogP contribution in [0.1, 0.15) is 25.0 Å². The van der Waals surface area contributed by atoms with Crippen molar-refractivity contribution in [2.24, 2.45) is 0 Å². The summed E-state index contributed by atoms with van der Waals surface area (Å²) in [6.07, 6.45) is -4.50. The SMILES string of the molecule is CC(C)(OC(=O)COc1ccc([S+](c2cc(F)cc(F)c2)c2cc(F)cc(F)c2)cc1)c1ccc(C(F)(F)F)cc1. The highest BCUT2D eigenvalue weighted by Crippen LogP contribution is 2.35. The van der Waals surface area contributed by atoms with Crippen molar-refractivity contribution in [2.75, 3.05) is 6.61 Å². The van der Waals surface area contributed by atoms with Gasteiger partial charge in [0.15, 0.2) is 21.3 Å². The second kappa shape index (κ2) is 11.9. The highest BCUT2D eigenvalue weighted by Gasteiger charge is 2.33. The normalized spacial score (nSPS) is 12.0. The average molecular weight is 596 g/mol. The number of halogens is 7. The Kier molecular flexibility index (Phi) is 8.67. The van der Waals surface area contributed by atoms with E-state index in [-0.39, 0.29) is 15.5 Å². The Hall–Kier alpha value is -3.99. The molecule has 0 atom stereocenters. The van der Waals surface area contributed by atoms with E-state index in [1.54, 1.807) is 0 Å². The zero-order valence-electron chi connectivity index (χ0n) is 21.6. The van der Waals surface area contributed by atoms with Gasteiger partial charge in [-0.05, 0) is 55.8 Å². The van der Waals surface area contributed by atoms with Gasteiger partial charge in [0, 0.05) is 36.4 Å². The molecule has 0 heterocycles. The molecule has 214 valence electrons. The number of hydrogen-bond donors (Lipinski definition) is 0. The van der Waals surface area contributed by atoms with Gasteiger partial charge < -0.3 is 9.47 Å². The van der Waals surface area contributed by atoms with E-state index in [1.165, 1.54) is 50.2 Å². The number of rotatable bonds is 8. The molecule has 0 saturated carbocycles. The van der Waals surface area contributed by atoms with E-state index < -0.39 is 64.1 Å². The molecule has 0 fully saturated rings. The molecule has 0 saturated heterocycles. The van der Waals surface area contributed by atoms with Crippen LogP contribution in [0.15, 0.2) is 99.6 Å². The second-order valence-electron chi connectivity index (χ2n) is 9.34. The third-order valence-electron chi connectivity index (χ3n) is 5.84. The summed E-state index contributed by atoms with van der Waals surface area (Å²) in [6, 6.07) is 15.9. The zero-order chi connectivity index (χ0) is 29.9. The first-order valence-corrected chi connectivity index (χ1v) is 13.2. The predicted octanol–water partition coefficient (Wildman–Crippen LogP) is 8.21. The molecule has 0 aromatic heterocycles. The number of carbonyl (C=O) groups is 1. The van der Waals surface area contributed by atoms with E-state index >= 15 is 0 Å². The van der Waals surface area contributed by atoms with Crippen molar-refractivity contribution >= 4 is 16.9 Å². The monoisotopic (exact) mass is 595 g/mol. The lowest BCUT2D eigenvalue weighted by atomic mass is 9.97. The summed E-state index contributed by atoms with van der Waals surface area (Å²) in [6.45, 7) is 2.51. The summed E-state index contributed by atoms with van der Waals surface area (Å²) in [5.74, 6) is -3.99. The van der Waals surface area contributed by atoms with Crippen LogP contribution in [0.3, 0.4) is 0 Å². The van der Waals surface area contributed by atoms with Crippen molar-refractivity contribution in [2.45, 2.75) is 40.3 Å². The lowest BCUT2D eigenvalue weighted by Crippen LogP contribution is -2.28. The summed E-state index contributed by atoms with van der Waals surface area (Å²) in [4.78, 5) is 13.2. The van der Waals surface area contributed by atoms with E-state index in [0.29, 0.717) is 22.6 Å². The molecule has 11 heteroatoms. The summed E-state index contributed by atoms with van der Waals surface area (Å²) >= 11 is 0. The van der Waals surface area contributed by atoms with Crippen LogP contribution in [-0.4, -0.2) is 12.6 Å². The number of alkyl halides is 3. The molecule has 4 rings (SSSR count). The van der Waals surface area contributed by atoms with Crippen LogP contribution >= 0.6 is 0 Å². The van der Waals surface area contributed by atoms with Gasteiger partial charge in [0.2, 0.25) is 0 Å². The Morgan fingerprint density at radius 3 is 1.54 bits per heavy atom. The minimum absolute atomic E-state index is 0.148. The van der Waals surface area contributed by atoms with Crippen LogP contribution in [-0.2, 0) is 32.2 Å². The predicted molar refractivity (Wildman–Crippen MR) is 137 cm³/mol. The van der Waals surface area contributed by atoms with Crippen molar-refractivity contribution in [3.63, 3.8) is 0 Å². The van der Waals surface area contributed by atoms with Crippen LogP contribution < -0.4 is 4.74 Å². The van der Waals surface area contributed by atoms with Crippen molar-refractivity contribution < 1.29 is 45.0 Å². The lowest BCUT2D eigenvalue weighted by molar-refractivity contribution is -0.160. The standard InChI is InChI=1S/C30H22F7O3S/c1-29(2,18-3-5-19(6-4-18)30(35,36)37)40-28(38)17-39-24-7-9-25(10-8-24)41(26-13-20(31)11-21(32)14-26)27-15-22(33)12-23(34)16-27/h3-16H,17H2,1-2H3/q+1. The van der Waals surface area contributed by atoms with Gasteiger partial charge in [0.05, 0.1) is 16.5 Å². The number of carbonyl (C=O) groups excluding carboxylic acids is 1. The molecule has 4 aromatic rings. The van der Waals surface area contributed by atoms with E-state index in [9.17, 15) is 35.5 Å². The summed E-state index contributed by atoms with van der Waals surface area (Å²) in [7, 11) is -1.30. The molecule has 41 heavy (non-hydrogen) atoms. The topological polar surface area (TPSA) is 35.5 Å². The summed E-state index contributed by atoms with van der Waals surface area (Å²) in [5.41, 5.74) is -1.73. The van der Waals surface area contributed by atoms with Crippen molar-refractivity contribution in [3.8, 4) is 5.75 Å². The first-order chi connectivity index (χ1) is 19.2. The summed E-state index contributed by atoms with van der Waals surface area (Å²) in [5, 5.41) is 0. The molecule has 0 N–H and O–H groups in total. The minimum atomic E-state index is -4.50. The molecule has 4 aromatic carbocycles. The first kappa shape index (κ1) is 30.0. The Bertz CT molecular complexity index is 1440. The van der Waals surface area contributed by atoms with Crippen LogP contribution in [0.2, 0.25) is 0 Å². The first-order valence-electron chi connectivity index (χ1n) is 12.0. The van der Waals surface area contributed by atoms with Crippen molar-refractivity contribution in [1.29, 1.82) is 0 Å². The van der Waals surface area contributed by atoms with Crippen LogP contribution in [0.25, 0.3) is 0 Å². The maximum absolute atomic E-state index is 14.0. The van der Waals surface area contributed by atoms with Gasteiger partial charge in [0.1, 0.15) is 34.6 Å². The molecule has 0 aliphatic heterocycles. The highest BCUT2D eigenvalue weighted by atomic mass is 32.2. The van der Waals surface area contributed by atoms with Crippen LogP contribution in [0, 0.1) is 23.3 Å². The Morgan fingerprint density at radius 1 is 0.659 bits per heavy atom. The molecule has 0 bridgehead atoms. The number of benzene rings is 4. The maximum Gasteiger partial charge on any atom is 0.416 e. The Balaban J connectivity index is 1.48. The Morgan fingerprint density at radius 2 is 1.10 bits per heavy atom. The van der Waals surface area contributed by atoms with Crippen molar-refractivity contribution in [1.82, 2.24) is 0 Å². The van der Waals surface area contributed by atoms with Crippen LogP contribution in [0.4, 0.5) is 30.7 Å². The van der Waals surface area contributed by atoms with Gasteiger partial charge in [0.25, 0.3) is 0 Å². The number of hydrogen-bond acceptors (Lipinski definition) is 3. The van der Waals surface area contributed by atoms with Gasteiger partial charge >= 0.3 is 12.1 Å². The quantitative estimate of drug-likeness (QED) is 0.117. The molecule has 0 unspecified atom stereocenters. The smallest absolute Gasteiger partial charge is 0.416 e. The largest absolute Gasteiger partial charge is 0.482 e. The average Bonchev–Trinajstić information content (AvgIpc) is 2.87. The van der Waals surface area contributed by atoms with Gasteiger partial charge in [-0.1, -0.05) is 12.1 Å². The second-order valence-corrected chi connectivity index (χ2v) is 11.4. The molecule has 0 amide bonds. The molecular weight excluding hydrogens is 573 g/mol. The van der Waals surface area contributed by atoms with E-state index in [4.69, 9.17) is 9.47 Å². The van der Waals surface area contributed by atoms with Crippen molar-refractivity contribution in [3.05, 3.63) is 119 Å². The molecule has 0 aliphatic rings. The van der Waals surface area contributed by atoms with Gasteiger partial charge in [-0.2, -0.15) is 13.2 Å². The fourth-order valence-electron chi connectivity index (χ4n) is 3.95. The number of esters is 1. The molecule has 0 aliphatic carbocycles. The van der Waals surface area contributed by atoms with E-state index in [0.717, 1.165) is 36.4 Å². The van der Waals surface area contributed by atoms with Gasteiger partial charge in [-0.15, -0.1) is 0 Å². The maximum atomic E-state index is 14.0. The summed E-state index contributed by atoms with van der Waals surface area (Å²) < 4.78 is 105. The lowest BCUT2D eigenvalue weighted by Gasteiger charge is -2.26. The van der Waals surface area contributed by atoms with E-state index in [1.807, 2.05) is 0 Å². The fourth-order valence-corrected chi connectivity index (χ4v) is 6.10. The molecular formula is C30H22F7O3S+. The van der Waals surface area contributed by atoms with Gasteiger partial charge in [-0.3, -0.25) is 0 Å². The fraction of sp³-hybridized carbons (Fsp3) is 0.167. The molecule has 3 nitrogen and oxygen atoms in total. The number of ether oxygens (including phenoxy) is 2. The highest BCUT2D eigenvalue weighted by molar-refractivity contribution is 7.97. The molecule has 0 spiro atoms. The zero-order valence-corrected chi connectivity index (χ0v) is 22.4. The van der Waals surface area contributed by atoms with E-state index in [2.05, 4.69) is 0 Å². The Labute approximate surface area is 233 Å².